The Labute approximate surface area is 92.9 Å². The van der Waals surface area contributed by atoms with Crippen LogP contribution in [0.4, 0.5) is 13.2 Å². The minimum absolute atomic E-state index is 0.135. The van der Waals surface area contributed by atoms with Gasteiger partial charge < -0.3 is 0 Å². The molecule has 3 N–H and O–H groups in total. The molecule has 1 amide bonds. The lowest BCUT2D eigenvalue weighted by molar-refractivity contribution is -0.157. The van der Waals surface area contributed by atoms with Crippen molar-refractivity contribution in [1.29, 1.82) is 0 Å². The van der Waals surface area contributed by atoms with Gasteiger partial charge in [0.1, 0.15) is 0 Å². The first-order valence-corrected chi connectivity index (χ1v) is 5.04. The number of nitrogens with one attached hydrogen (secondary N) is 1. The first kappa shape index (κ1) is 15.2. The fraction of sp³-hybridized carbons (Fsp3) is 0.889. The minimum atomic E-state index is -4.32. The van der Waals surface area contributed by atoms with Crippen LogP contribution in [0.2, 0.25) is 0 Å². The summed E-state index contributed by atoms with van der Waals surface area (Å²) in [6.07, 6.45) is -4.32. The summed E-state index contributed by atoms with van der Waals surface area (Å²) in [7, 11) is 0. The number of alkyl halides is 3. The second kappa shape index (κ2) is 6.05. The van der Waals surface area contributed by atoms with Crippen LogP contribution >= 0.6 is 0 Å². The molecule has 0 aromatic heterocycles. The van der Waals surface area contributed by atoms with Crippen molar-refractivity contribution in [3.05, 3.63) is 0 Å². The zero-order valence-electron chi connectivity index (χ0n) is 9.64. The number of carbonyl (C=O) groups is 1. The van der Waals surface area contributed by atoms with Gasteiger partial charge in [0.15, 0.2) is 0 Å². The third kappa shape index (κ3) is 4.80. The van der Waals surface area contributed by atoms with Crippen molar-refractivity contribution in [3.63, 3.8) is 0 Å². The predicted octanol–water partition coefficient (Wildman–Crippen LogP) is 0.885. The van der Waals surface area contributed by atoms with E-state index in [9.17, 15) is 18.0 Å². The molecule has 0 spiro atoms. The third-order valence-electron chi connectivity index (χ3n) is 2.22. The van der Waals surface area contributed by atoms with Crippen LogP contribution in [0.5, 0.6) is 0 Å². The Balaban J connectivity index is 4.79. The second-order valence-corrected chi connectivity index (χ2v) is 3.88. The summed E-state index contributed by atoms with van der Waals surface area (Å²) >= 11 is 0. The molecule has 0 aliphatic carbocycles. The number of nitrogens with two attached hydrogens (primary N) is 1. The van der Waals surface area contributed by atoms with Gasteiger partial charge in [0.25, 0.3) is 5.91 Å². The molecule has 96 valence electrons. The summed E-state index contributed by atoms with van der Waals surface area (Å²) in [5, 5.41) is 0. The number of hydrogen-bond donors (Lipinski definition) is 2. The highest BCUT2D eigenvalue weighted by molar-refractivity contribution is 5.81. The van der Waals surface area contributed by atoms with Crippen LogP contribution < -0.4 is 11.3 Å². The molecule has 0 heterocycles. The summed E-state index contributed by atoms with van der Waals surface area (Å²) in [4.78, 5) is 12.5. The van der Waals surface area contributed by atoms with Gasteiger partial charge in [-0.05, 0) is 12.5 Å². The van der Waals surface area contributed by atoms with Gasteiger partial charge in [-0.15, -0.1) is 0 Å². The zero-order valence-corrected chi connectivity index (χ0v) is 9.64. The lowest BCUT2D eigenvalue weighted by Crippen LogP contribution is -2.53. The van der Waals surface area contributed by atoms with Crippen LogP contribution in [0.1, 0.15) is 20.8 Å². The highest BCUT2D eigenvalue weighted by Gasteiger charge is 2.36. The maximum atomic E-state index is 12.3. The van der Waals surface area contributed by atoms with Gasteiger partial charge in [-0.1, -0.05) is 20.8 Å². The lowest BCUT2D eigenvalue weighted by atomic mass is 10.0. The van der Waals surface area contributed by atoms with Gasteiger partial charge in [0.05, 0.1) is 12.6 Å². The van der Waals surface area contributed by atoms with Gasteiger partial charge in [0, 0.05) is 0 Å². The van der Waals surface area contributed by atoms with Crippen LogP contribution in [0.3, 0.4) is 0 Å². The van der Waals surface area contributed by atoms with Crippen molar-refractivity contribution in [2.75, 3.05) is 13.1 Å². The summed E-state index contributed by atoms with van der Waals surface area (Å²) < 4.78 is 36.8. The zero-order chi connectivity index (χ0) is 12.9. The molecule has 0 bridgehead atoms. The standard InChI is InChI=1S/C9H18F3N3O/c1-4-15(5-9(10,11)12)7(6(2)3)8(16)14-13/h6-7H,4-5,13H2,1-3H3,(H,14,16). The van der Waals surface area contributed by atoms with Gasteiger partial charge in [0.2, 0.25) is 0 Å². The van der Waals surface area contributed by atoms with E-state index >= 15 is 0 Å². The molecule has 0 fully saturated rings. The molecule has 0 saturated heterocycles. The van der Waals surface area contributed by atoms with Gasteiger partial charge >= 0.3 is 6.18 Å². The molecule has 7 heteroatoms. The van der Waals surface area contributed by atoms with Crippen molar-refractivity contribution in [1.82, 2.24) is 10.3 Å². The Morgan fingerprint density at radius 2 is 1.94 bits per heavy atom. The summed E-state index contributed by atoms with van der Waals surface area (Å²) in [6, 6.07) is -0.864. The van der Waals surface area contributed by atoms with E-state index in [4.69, 9.17) is 5.84 Å². The van der Waals surface area contributed by atoms with Gasteiger partial charge in [-0.25, -0.2) is 5.84 Å². The molecule has 4 nitrogen and oxygen atoms in total. The highest BCUT2D eigenvalue weighted by atomic mass is 19.4. The maximum Gasteiger partial charge on any atom is 0.401 e. The molecule has 0 aromatic rings. The highest BCUT2D eigenvalue weighted by Crippen LogP contribution is 2.20. The fourth-order valence-corrected chi connectivity index (χ4v) is 1.61. The summed E-state index contributed by atoms with van der Waals surface area (Å²) in [5.41, 5.74) is 1.90. The Bertz CT molecular complexity index is 231. The van der Waals surface area contributed by atoms with Crippen molar-refractivity contribution >= 4 is 5.91 Å². The molecular weight excluding hydrogens is 223 g/mol. The predicted molar refractivity (Wildman–Crippen MR) is 54.3 cm³/mol. The molecule has 0 aliphatic heterocycles. The minimum Gasteiger partial charge on any atom is -0.293 e. The van der Waals surface area contributed by atoms with E-state index in [0.29, 0.717) is 0 Å². The maximum absolute atomic E-state index is 12.3. The van der Waals surface area contributed by atoms with Gasteiger partial charge in [-0.2, -0.15) is 13.2 Å². The summed E-state index contributed by atoms with van der Waals surface area (Å²) in [5.74, 6) is 4.12. The number of halogens is 3. The van der Waals surface area contributed by atoms with Crippen LogP contribution in [0.15, 0.2) is 0 Å². The molecule has 0 rings (SSSR count). The Kier molecular flexibility index (Phi) is 5.74. The largest absolute Gasteiger partial charge is 0.401 e. The van der Waals surface area contributed by atoms with Crippen LogP contribution in [0, 0.1) is 5.92 Å². The molecular formula is C9H18F3N3O. The number of nitrogens with zero attached hydrogens (tertiary/aromatic N) is 1. The first-order valence-electron chi connectivity index (χ1n) is 5.04. The molecule has 1 atom stereocenters. The van der Waals surface area contributed by atoms with E-state index in [0.717, 1.165) is 4.90 Å². The van der Waals surface area contributed by atoms with E-state index in [1.54, 1.807) is 20.8 Å². The fourth-order valence-electron chi connectivity index (χ4n) is 1.61. The molecule has 1 unspecified atom stereocenters. The van der Waals surface area contributed by atoms with Crippen LogP contribution in [-0.2, 0) is 4.79 Å². The Morgan fingerprint density at radius 3 is 2.19 bits per heavy atom. The van der Waals surface area contributed by atoms with Gasteiger partial charge in [-0.3, -0.25) is 15.1 Å². The molecule has 16 heavy (non-hydrogen) atoms. The third-order valence-corrected chi connectivity index (χ3v) is 2.22. The molecule has 0 aliphatic rings. The SMILES string of the molecule is CCN(CC(F)(F)F)C(C(=O)NN)C(C)C. The summed E-state index contributed by atoms with van der Waals surface area (Å²) in [6.45, 7) is 3.96. The number of likely N-dealkylation sites (N-methyl/N-ethyl adjacent to an activating group) is 1. The Hall–Kier alpha value is -0.820. The lowest BCUT2D eigenvalue weighted by Gasteiger charge is -2.32. The van der Waals surface area contributed by atoms with Crippen molar-refractivity contribution < 1.29 is 18.0 Å². The Morgan fingerprint density at radius 1 is 1.44 bits per heavy atom. The van der Waals surface area contributed by atoms with Crippen molar-refractivity contribution in [2.24, 2.45) is 11.8 Å². The quantitative estimate of drug-likeness (QED) is 0.427. The van der Waals surface area contributed by atoms with Crippen molar-refractivity contribution in [2.45, 2.75) is 33.0 Å². The van der Waals surface area contributed by atoms with E-state index in [1.807, 2.05) is 5.43 Å². The average molecular weight is 241 g/mol. The molecule has 0 radical (unpaired) electrons. The molecule has 0 aromatic carbocycles. The average Bonchev–Trinajstić information content (AvgIpc) is 2.13. The van der Waals surface area contributed by atoms with Crippen LogP contribution in [0.25, 0.3) is 0 Å². The number of amides is 1. The van der Waals surface area contributed by atoms with Crippen molar-refractivity contribution in [3.8, 4) is 0 Å². The number of hydrogen-bond acceptors (Lipinski definition) is 3. The van der Waals surface area contributed by atoms with E-state index in [-0.39, 0.29) is 12.5 Å². The van der Waals surface area contributed by atoms with E-state index in [2.05, 4.69) is 0 Å². The monoisotopic (exact) mass is 241 g/mol. The normalized spacial score (nSPS) is 14.3. The number of hydrazine groups is 1. The van der Waals surface area contributed by atoms with E-state index < -0.39 is 24.7 Å². The second-order valence-electron chi connectivity index (χ2n) is 3.88. The smallest absolute Gasteiger partial charge is 0.293 e. The first-order chi connectivity index (χ1) is 7.22. The number of rotatable bonds is 5. The van der Waals surface area contributed by atoms with E-state index in [1.165, 1.54) is 0 Å². The number of carbonyl (C=O) groups excluding carboxylic acids is 1. The topological polar surface area (TPSA) is 58.4 Å². The molecule has 0 saturated carbocycles. The van der Waals surface area contributed by atoms with Crippen LogP contribution in [-0.4, -0.2) is 36.1 Å².